The maximum atomic E-state index is 6.21. The highest BCUT2D eigenvalue weighted by Gasteiger charge is 2.14. The average molecular weight is 373 g/mol. The molecule has 2 rings (SSSR count). The maximum Gasteiger partial charge on any atom is 0.211 e. The Balaban J connectivity index is 2.36. The predicted molar refractivity (Wildman–Crippen MR) is 96.5 cm³/mol. The molecule has 0 aliphatic heterocycles. The van der Waals surface area contributed by atoms with Gasteiger partial charge < -0.3 is 4.74 Å². The Labute approximate surface area is 150 Å². The molecule has 1 heterocycles. The maximum absolute atomic E-state index is 6.21. The van der Waals surface area contributed by atoms with Gasteiger partial charge in [-0.25, -0.2) is 0 Å². The molecule has 0 saturated carbocycles. The van der Waals surface area contributed by atoms with Crippen molar-refractivity contribution in [2.45, 2.75) is 31.8 Å². The third-order valence-corrected chi connectivity index (χ3v) is 4.15. The second-order valence-electron chi connectivity index (χ2n) is 5.00. The largest absolute Gasteiger partial charge is 0.491 e. The Hall–Kier alpha value is -1.24. The van der Waals surface area contributed by atoms with Gasteiger partial charge in [0.25, 0.3) is 0 Å². The first-order valence-corrected chi connectivity index (χ1v) is 9.11. The highest BCUT2D eigenvalue weighted by molar-refractivity contribution is 7.98. The summed E-state index contributed by atoms with van der Waals surface area (Å²) in [5.41, 5.74) is 0.777. The summed E-state index contributed by atoms with van der Waals surface area (Å²) < 4.78 is 7.15. The van der Waals surface area contributed by atoms with Gasteiger partial charge >= 0.3 is 0 Å². The number of rotatable bonds is 6. The molecule has 0 aliphatic carbocycles. The van der Waals surface area contributed by atoms with Crippen LogP contribution in [-0.2, 0) is 0 Å². The van der Waals surface area contributed by atoms with Crippen LogP contribution in [0.4, 0.5) is 0 Å². The second kappa shape index (κ2) is 8.04. The summed E-state index contributed by atoms with van der Waals surface area (Å²) in [6.07, 6.45) is 3.62. The van der Waals surface area contributed by atoms with Crippen molar-refractivity contribution in [2.75, 3.05) is 12.9 Å². The predicted octanol–water partition coefficient (Wildman–Crippen LogP) is 4.71. The topological polar surface area (TPSA) is 52.3 Å². The molecule has 0 bridgehead atoms. The van der Waals surface area contributed by atoms with E-state index in [1.807, 2.05) is 27.0 Å². The highest BCUT2D eigenvalue weighted by atomic mass is 35.5. The fraction of sp³-hybridized carbons (Fsp3) is 0.400. The van der Waals surface area contributed by atoms with Crippen LogP contribution >= 0.6 is 35.0 Å². The molecule has 23 heavy (non-hydrogen) atoms. The van der Waals surface area contributed by atoms with Crippen LogP contribution in [0.15, 0.2) is 22.4 Å². The molecule has 0 aliphatic rings. The van der Waals surface area contributed by atoms with Crippen LogP contribution in [0, 0.1) is 0 Å². The third kappa shape index (κ3) is 4.19. The molecule has 2 aromatic rings. The minimum absolute atomic E-state index is 0.216. The third-order valence-electron chi connectivity index (χ3n) is 2.97. The lowest BCUT2D eigenvalue weighted by molar-refractivity contribution is 0.340. The van der Waals surface area contributed by atoms with Crippen LogP contribution in [0.2, 0.25) is 10.0 Å². The first-order valence-electron chi connectivity index (χ1n) is 7.13. The van der Waals surface area contributed by atoms with Gasteiger partial charge in [-0.1, -0.05) is 48.8 Å². The lowest BCUT2D eigenvalue weighted by Crippen LogP contribution is -2.02. The number of ether oxygens (including phenoxy) is 1. The van der Waals surface area contributed by atoms with Gasteiger partial charge in [-0.05, 0) is 30.9 Å². The van der Waals surface area contributed by atoms with Crippen molar-refractivity contribution in [3.05, 3.63) is 33.6 Å². The van der Waals surface area contributed by atoms with E-state index in [1.54, 1.807) is 23.0 Å². The summed E-state index contributed by atoms with van der Waals surface area (Å²) in [5.74, 6) is 1.51. The van der Waals surface area contributed by atoms with Crippen molar-refractivity contribution in [3.63, 3.8) is 0 Å². The van der Waals surface area contributed by atoms with E-state index in [2.05, 4.69) is 15.3 Å². The first kappa shape index (κ1) is 18.1. The number of halogens is 2. The molecule has 0 amide bonds. The number of aromatic nitrogens is 3. The average Bonchev–Trinajstić information content (AvgIpc) is 2.92. The van der Waals surface area contributed by atoms with E-state index in [0.717, 1.165) is 16.5 Å². The molecular weight excluding hydrogens is 355 g/mol. The van der Waals surface area contributed by atoms with Gasteiger partial charge in [0, 0.05) is 5.92 Å². The molecule has 5 nitrogen and oxygen atoms in total. The molecule has 1 aromatic heterocycles. The molecule has 8 heteroatoms. The Bertz CT molecular complexity index is 692. The van der Waals surface area contributed by atoms with Crippen molar-refractivity contribution in [1.29, 1.82) is 0 Å². The van der Waals surface area contributed by atoms with E-state index in [-0.39, 0.29) is 5.92 Å². The number of hydrogen-bond acceptors (Lipinski definition) is 5. The molecule has 0 saturated heterocycles. The Kier molecular flexibility index (Phi) is 6.33. The van der Waals surface area contributed by atoms with Crippen LogP contribution < -0.4 is 4.74 Å². The number of hydrogen-bond donors (Lipinski definition) is 0. The smallest absolute Gasteiger partial charge is 0.211 e. The molecule has 0 radical (unpaired) electrons. The first-order chi connectivity index (χ1) is 11.0. The van der Waals surface area contributed by atoms with Gasteiger partial charge in [0.2, 0.25) is 5.16 Å². The Morgan fingerprint density at radius 2 is 1.96 bits per heavy atom. The van der Waals surface area contributed by atoms with Crippen molar-refractivity contribution in [2.24, 2.45) is 5.10 Å². The summed E-state index contributed by atoms with van der Waals surface area (Å²) in [4.78, 5) is 0. The SMILES string of the molecule is CCOc1c(Cl)cc(/C=N\n2c(SC)nnc2C(C)C)cc1Cl. The van der Waals surface area contributed by atoms with Crippen molar-refractivity contribution < 1.29 is 4.74 Å². The fourth-order valence-corrected chi connectivity index (χ4v) is 2.98. The van der Waals surface area contributed by atoms with E-state index in [9.17, 15) is 0 Å². The molecule has 0 unspecified atom stereocenters. The zero-order chi connectivity index (χ0) is 17.0. The lowest BCUT2D eigenvalue weighted by Gasteiger charge is -2.09. The Morgan fingerprint density at radius 1 is 1.30 bits per heavy atom. The standard InChI is InChI=1S/C15H18Cl2N4OS/c1-5-22-13-11(16)6-10(7-12(13)17)8-18-21-14(9(2)3)19-20-15(21)23-4/h6-9H,5H2,1-4H3/b18-8-. The molecule has 1 aromatic carbocycles. The van der Waals surface area contributed by atoms with Crippen LogP contribution in [0.3, 0.4) is 0 Å². The van der Waals surface area contributed by atoms with Gasteiger partial charge in [-0.2, -0.15) is 9.78 Å². The summed E-state index contributed by atoms with van der Waals surface area (Å²) >= 11 is 13.9. The number of nitrogens with zero attached hydrogens (tertiary/aromatic N) is 4. The Morgan fingerprint density at radius 3 is 2.48 bits per heavy atom. The molecule has 0 N–H and O–H groups in total. The minimum atomic E-state index is 0.216. The molecule has 0 atom stereocenters. The van der Waals surface area contributed by atoms with E-state index in [1.165, 1.54) is 11.8 Å². The van der Waals surface area contributed by atoms with Gasteiger partial charge in [0.1, 0.15) is 0 Å². The van der Waals surface area contributed by atoms with Crippen LogP contribution in [-0.4, -0.2) is 34.0 Å². The lowest BCUT2D eigenvalue weighted by atomic mass is 10.2. The number of thioether (sulfide) groups is 1. The summed E-state index contributed by atoms with van der Waals surface area (Å²) in [6, 6.07) is 3.53. The summed E-state index contributed by atoms with van der Waals surface area (Å²) in [5, 5.41) is 14.4. The van der Waals surface area contributed by atoms with E-state index < -0.39 is 0 Å². The van der Waals surface area contributed by atoms with Crippen molar-refractivity contribution in [3.8, 4) is 5.75 Å². The van der Waals surface area contributed by atoms with Crippen LogP contribution in [0.25, 0.3) is 0 Å². The van der Waals surface area contributed by atoms with Crippen LogP contribution in [0.5, 0.6) is 5.75 Å². The normalized spacial score (nSPS) is 11.6. The quantitative estimate of drug-likeness (QED) is 0.544. The second-order valence-corrected chi connectivity index (χ2v) is 6.59. The molecule has 0 fully saturated rings. The summed E-state index contributed by atoms with van der Waals surface area (Å²) in [6.45, 7) is 6.48. The monoisotopic (exact) mass is 372 g/mol. The fourth-order valence-electron chi connectivity index (χ4n) is 1.93. The van der Waals surface area contributed by atoms with Gasteiger partial charge in [0.15, 0.2) is 11.6 Å². The number of benzene rings is 1. The van der Waals surface area contributed by atoms with E-state index in [0.29, 0.717) is 22.4 Å². The van der Waals surface area contributed by atoms with Gasteiger partial charge in [-0.3, -0.25) is 0 Å². The highest BCUT2D eigenvalue weighted by Crippen LogP contribution is 2.33. The summed E-state index contributed by atoms with van der Waals surface area (Å²) in [7, 11) is 0. The molecular formula is C15H18Cl2N4OS. The van der Waals surface area contributed by atoms with Crippen LogP contribution in [0.1, 0.15) is 38.1 Å². The van der Waals surface area contributed by atoms with Crippen molar-refractivity contribution >= 4 is 41.2 Å². The molecule has 124 valence electrons. The molecule has 0 spiro atoms. The van der Waals surface area contributed by atoms with Crippen molar-refractivity contribution in [1.82, 2.24) is 14.9 Å². The van der Waals surface area contributed by atoms with Gasteiger partial charge in [0.05, 0.1) is 22.9 Å². The zero-order valence-corrected chi connectivity index (χ0v) is 15.7. The minimum Gasteiger partial charge on any atom is -0.491 e. The van der Waals surface area contributed by atoms with E-state index in [4.69, 9.17) is 27.9 Å². The van der Waals surface area contributed by atoms with Gasteiger partial charge in [-0.15, -0.1) is 10.2 Å². The zero-order valence-electron chi connectivity index (χ0n) is 13.4. The van der Waals surface area contributed by atoms with E-state index >= 15 is 0 Å².